The summed E-state index contributed by atoms with van der Waals surface area (Å²) in [6.07, 6.45) is -2.38. The first kappa shape index (κ1) is 32.6. The van der Waals surface area contributed by atoms with Crippen LogP contribution in [-0.2, 0) is 18.3 Å². The van der Waals surface area contributed by atoms with Crippen molar-refractivity contribution in [3.05, 3.63) is 86.8 Å². The van der Waals surface area contributed by atoms with Crippen LogP contribution in [-0.4, -0.2) is 56.3 Å². The summed E-state index contributed by atoms with van der Waals surface area (Å²) in [4.78, 5) is 48.7. The maximum absolute atomic E-state index is 15.4. The molecule has 2 N–H and O–H groups in total. The van der Waals surface area contributed by atoms with Crippen molar-refractivity contribution in [1.82, 2.24) is 19.9 Å². The lowest BCUT2D eigenvalue weighted by Gasteiger charge is -2.38. The number of nitrogens with one attached hydrogen (secondary N) is 1. The van der Waals surface area contributed by atoms with Gasteiger partial charge < -0.3 is 19.9 Å². The number of piperidine rings is 1. The van der Waals surface area contributed by atoms with Crippen LogP contribution in [0.4, 0.5) is 23.2 Å². The quantitative estimate of drug-likeness (QED) is 0.260. The molecule has 242 valence electrons. The molecule has 2 aromatic heterocycles. The largest absolute Gasteiger partial charge is 0.480 e. The number of rotatable bonds is 7. The molecule has 1 aliphatic rings. The lowest BCUT2D eigenvalue weighted by molar-refractivity contribution is -0.152. The van der Waals surface area contributed by atoms with Crippen LogP contribution in [0.25, 0.3) is 22.2 Å². The summed E-state index contributed by atoms with van der Waals surface area (Å²) in [5, 5.41) is 12.9. The first-order chi connectivity index (χ1) is 21.7. The number of nitrogens with zero attached hydrogens (tertiary/aromatic N) is 4. The zero-order chi connectivity index (χ0) is 33.5. The van der Waals surface area contributed by atoms with Crippen LogP contribution >= 0.6 is 0 Å². The van der Waals surface area contributed by atoms with E-state index in [0.29, 0.717) is 46.3 Å². The molecule has 0 aliphatic carbocycles. The molecule has 2 atom stereocenters. The molecule has 0 saturated carbocycles. The third-order valence-corrected chi connectivity index (χ3v) is 8.67. The number of aromatic nitrogens is 3. The van der Waals surface area contributed by atoms with E-state index in [0.717, 1.165) is 11.0 Å². The molecule has 1 amide bonds. The highest BCUT2D eigenvalue weighted by Crippen LogP contribution is 2.36. The number of carbonyl (C=O) groups excluding carboxylic acids is 1. The van der Waals surface area contributed by atoms with E-state index in [1.807, 2.05) is 0 Å². The molecule has 3 heterocycles. The normalized spacial score (nSPS) is 16.0. The Labute approximate surface area is 261 Å². The standard InChI is InChI=1S/C33H33F4N5O4/c1-17-14-21(42-13-6-5-9-26(42)33(35,36)37)16-24(34)27(17)30(43)40-25(32(45)46)15-20-10-11-23(28-22(20)8-7-12-38-28)29-31(44)41(4)19(3)18(2)39-29/h7-8,10-12,14,16,25-26H,5-6,9,13,15H2,1-4H3,(H,40,43)(H,45,46)/t25-,26+/m0/s1. The highest BCUT2D eigenvalue weighted by atomic mass is 19.4. The first-order valence-electron chi connectivity index (χ1n) is 14.8. The Hall–Kier alpha value is -4.81. The van der Waals surface area contributed by atoms with Crippen molar-refractivity contribution in [2.75, 3.05) is 11.4 Å². The molecule has 0 bridgehead atoms. The molecule has 4 aromatic rings. The van der Waals surface area contributed by atoms with Crippen molar-refractivity contribution >= 4 is 28.5 Å². The number of carboxylic acid groups (broad SMARTS) is 1. The van der Waals surface area contributed by atoms with Gasteiger partial charge in [-0.05, 0) is 69.4 Å². The number of hydrogen-bond acceptors (Lipinski definition) is 6. The van der Waals surface area contributed by atoms with Crippen LogP contribution < -0.4 is 15.8 Å². The van der Waals surface area contributed by atoms with Gasteiger partial charge in [0.15, 0.2) is 0 Å². The molecule has 2 aromatic carbocycles. The van der Waals surface area contributed by atoms with Crippen molar-refractivity contribution in [2.45, 2.75) is 64.7 Å². The van der Waals surface area contributed by atoms with E-state index >= 15 is 4.39 Å². The average molecular weight is 640 g/mol. The fourth-order valence-electron chi connectivity index (χ4n) is 6.04. The molecule has 1 fully saturated rings. The van der Waals surface area contributed by atoms with Crippen molar-refractivity contribution in [3.63, 3.8) is 0 Å². The van der Waals surface area contributed by atoms with Crippen LogP contribution in [0.5, 0.6) is 0 Å². The number of hydrogen-bond donors (Lipinski definition) is 2. The van der Waals surface area contributed by atoms with Gasteiger partial charge >= 0.3 is 12.1 Å². The summed E-state index contributed by atoms with van der Waals surface area (Å²) in [5.41, 5.74) is 2.23. The minimum absolute atomic E-state index is 0.00973. The van der Waals surface area contributed by atoms with E-state index in [-0.39, 0.29) is 41.9 Å². The van der Waals surface area contributed by atoms with Crippen molar-refractivity contribution in [2.24, 2.45) is 7.05 Å². The number of aliphatic carboxylic acids is 1. The van der Waals surface area contributed by atoms with E-state index < -0.39 is 41.5 Å². The van der Waals surface area contributed by atoms with Crippen LogP contribution in [0.1, 0.15) is 52.1 Å². The lowest BCUT2D eigenvalue weighted by atomic mass is 9.96. The fourth-order valence-corrected chi connectivity index (χ4v) is 6.04. The fraction of sp³-hybridized carbons (Fsp3) is 0.364. The van der Waals surface area contributed by atoms with Gasteiger partial charge in [0, 0.05) is 48.5 Å². The molecule has 46 heavy (non-hydrogen) atoms. The topological polar surface area (TPSA) is 117 Å². The Bertz CT molecular complexity index is 1880. The van der Waals surface area contributed by atoms with Crippen LogP contribution in [0.15, 0.2) is 47.4 Å². The SMILES string of the molecule is Cc1cc(N2CCCC[C@@H]2C(F)(F)F)cc(F)c1C(=O)N[C@@H](Cc1ccc(-c2nc(C)c(C)n(C)c2=O)c2ncccc12)C(=O)O. The van der Waals surface area contributed by atoms with Gasteiger partial charge in [-0.3, -0.25) is 14.6 Å². The summed E-state index contributed by atoms with van der Waals surface area (Å²) >= 11 is 0. The van der Waals surface area contributed by atoms with Crippen LogP contribution in [0.3, 0.4) is 0 Å². The average Bonchev–Trinajstić information content (AvgIpc) is 3.01. The molecule has 9 nitrogen and oxygen atoms in total. The number of pyridine rings is 1. The van der Waals surface area contributed by atoms with Gasteiger partial charge in [0.1, 0.15) is 23.6 Å². The monoisotopic (exact) mass is 639 g/mol. The van der Waals surface area contributed by atoms with Gasteiger partial charge in [0.05, 0.1) is 16.8 Å². The van der Waals surface area contributed by atoms with E-state index in [9.17, 15) is 32.7 Å². The summed E-state index contributed by atoms with van der Waals surface area (Å²) in [6.45, 7) is 5.05. The van der Waals surface area contributed by atoms with Crippen LogP contribution in [0.2, 0.25) is 0 Å². The lowest BCUT2D eigenvalue weighted by Crippen LogP contribution is -2.49. The zero-order valence-electron chi connectivity index (χ0n) is 25.7. The molecule has 1 aliphatic heterocycles. The van der Waals surface area contributed by atoms with Gasteiger partial charge in [0.2, 0.25) is 0 Å². The summed E-state index contributed by atoms with van der Waals surface area (Å²) in [5.74, 6) is -3.44. The maximum Gasteiger partial charge on any atom is 0.408 e. The van der Waals surface area contributed by atoms with Crippen LogP contribution in [0, 0.1) is 26.6 Å². The third-order valence-electron chi connectivity index (χ3n) is 8.67. The Morgan fingerprint density at radius 2 is 1.87 bits per heavy atom. The Kier molecular flexibility index (Phi) is 8.87. The Morgan fingerprint density at radius 1 is 1.13 bits per heavy atom. The van der Waals surface area contributed by atoms with Crippen molar-refractivity contribution in [3.8, 4) is 11.3 Å². The second-order valence-corrected chi connectivity index (χ2v) is 11.6. The Morgan fingerprint density at radius 3 is 2.54 bits per heavy atom. The number of amides is 1. The molecule has 0 radical (unpaired) electrons. The van der Waals surface area contributed by atoms with Gasteiger partial charge in [-0.1, -0.05) is 18.2 Å². The summed E-state index contributed by atoms with van der Waals surface area (Å²) in [7, 11) is 1.64. The zero-order valence-corrected chi connectivity index (χ0v) is 25.7. The second-order valence-electron chi connectivity index (χ2n) is 11.6. The number of alkyl halides is 3. The van der Waals surface area contributed by atoms with Crippen molar-refractivity contribution in [1.29, 1.82) is 0 Å². The van der Waals surface area contributed by atoms with E-state index in [1.165, 1.54) is 23.8 Å². The predicted molar refractivity (Wildman–Crippen MR) is 164 cm³/mol. The van der Waals surface area contributed by atoms with Gasteiger partial charge in [-0.25, -0.2) is 14.2 Å². The highest BCUT2D eigenvalue weighted by molar-refractivity contribution is 5.99. The number of benzene rings is 2. The molecule has 0 unspecified atom stereocenters. The number of carboxylic acids is 1. The first-order valence-corrected chi connectivity index (χ1v) is 14.8. The van der Waals surface area contributed by atoms with E-state index in [4.69, 9.17) is 0 Å². The molecule has 5 rings (SSSR count). The molecule has 0 spiro atoms. The van der Waals surface area contributed by atoms with Gasteiger partial charge in [0.25, 0.3) is 11.5 Å². The molecule has 1 saturated heterocycles. The minimum Gasteiger partial charge on any atom is -0.480 e. The van der Waals surface area contributed by atoms with Crippen molar-refractivity contribution < 1.29 is 32.3 Å². The minimum atomic E-state index is -4.50. The Balaban J connectivity index is 1.44. The van der Waals surface area contributed by atoms with Gasteiger partial charge in [-0.2, -0.15) is 13.2 Å². The van der Waals surface area contributed by atoms with E-state index in [2.05, 4.69) is 15.3 Å². The number of carbonyl (C=O) groups is 2. The highest BCUT2D eigenvalue weighted by Gasteiger charge is 2.45. The van der Waals surface area contributed by atoms with Gasteiger partial charge in [-0.15, -0.1) is 0 Å². The smallest absolute Gasteiger partial charge is 0.408 e. The summed E-state index contributed by atoms with van der Waals surface area (Å²) < 4.78 is 57.9. The molecule has 13 heteroatoms. The second kappa shape index (κ2) is 12.5. The van der Waals surface area contributed by atoms with E-state index in [1.54, 1.807) is 45.2 Å². The summed E-state index contributed by atoms with van der Waals surface area (Å²) in [6, 6.07) is 5.58. The maximum atomic E-state index is 15.4. The molecular formula is C33H33F4N5O4. The number of anilines is 1. The third kappa shape index (κ3) is 6.18. The number of aryl methyl sites for hydroxylation is 2. The number of fused-ring (bicyclic) bond motifs is 1. The predicted octanol–water partition coefficient (Wildman–Crippen LogP) is 5.41. The molecular weight excluding hydrogens is 606 g/mol. The number of halogens is 4.